The first-order valence-corrected chi connectivity index (χ1v) is 13.1. The summed E-state index contributed by atoms with van der Waals surface area (Å²) in [6, 6.07) is 0.360. The zero-order valence-corrected chi connectivity index (χ0v) is 20.1. The lowest BCUT2D eigenvalue weighted by atomic mass is 9.83. The highest BCUT2D eigenvalue weighted by molar-refractivity contribution is 7.89. The first kappa shape index (κ1) is 25.5. The molecule has 2 aliphatic rings. The Morgan fingerprint density at radius 2 is 1.77 bits per heavy atom. The first-order chi connectivity index (χ1) is 16.5. The summed E-state index contributed by atoms with van der Waals surface area (Å²) >= 11 is 0. The molecular formula is C23H28F3N5O3S. The molecular weight excluding hydrogens is 483 g/mol. The second-order valence-electron chi connectivity index (χ2n) is 9.29. The van der Waals surface area contributed by atoms with Gasteiger partial charge in [-0.05, 0) is 56.6 Å². The van der Waals surface area contributed by atoms with Gasteiger partial charge in [-0.1, -0.05) is 0 Å². The SMILES string of the molecule is Cc1cnc(C(=O)NCCS(=O)(=O)N2[C@@H]3CC[C@H]2C[C@H]([C@H](N)Cc2cc(F)c(F)cc2F)C3)cn1. The highest BCUT2D eigenvalue weighted by Crippen LogP contribution is 2.42. The molecule has 0 radical (unpaired) electrons. The van der Waals surface area contributed by atoms with Crippen LogP contribution in [0.5, 0.6) is 0 Å². The molecule has 1 amide bonds. The Bertz CT molecular complexity index is 1180. The minimum atomic E-state index is -3.64. The molecule has 2 bridgehead atoms. The number of aromatic nitrogens is 2. The maximum absolute atomic E-state index is 14.1. The van der Waals surface area contributed by atoms with Crippen LogP contribution < -0.4 is 11.1 Å². The van der Waals surface area contributed by atoms with E-state index in [1.165, 1.54) is 16.7 Å². The lowest BCUT2D eigenvalue weighted by Gasteiger charge is -2.40. The van der Waals surface area contributed by atoms with E-state index in [0.29, 0.717) is 37.4 Å². The van der Waals surface area contributed by atoms with Gasteiger partial charge in [0, 0.05) is 36.9 Å². The van der Waals surface area contributed by atoms with E-state index in [0.717, 1.165) is 6.07 Å². The van der Waals surface area contributed by atoms with E-state index in [2.05, 4.69) is 15.3 Å². The van der Waals surface area contributed by atoms with Crippen molar-refractivity contribution in [3.05, 3.63) is 58.9 Å². The number of halogens is 3. The standard InChI is InChI=1S/C23H28F3N5O3S/c1-13-11-30-22(12-29-13)23(32)28-4-5-35(33,34)31-16-2-3-17(31)7-15(6-16)21(27)9-14-8-19(25)20(26)10-18(14)24/h8,10-12,15-17,21H,2-7,9,27H2,1H3,(H,28,32)/t15-,16-,17+,21-/m1/s1. The van der Waals surface area contributed by atoms with Gasteiger partial charge in [-0.15, -0.1) is 0 Å². The Balaban J connectivity index is 1.34. The van der Waals surface area contributed by atoms with Gasteiger partial charge >= 0.3 is 0 Å². The quantitative estimate of drug-likeness (QED) is 0.524. The van der Waals surface area contributed by atoms with Crippen LogP contribution >= 0.6 is 0 Å². The van der Waals surface area contributed by atoms with E-state index in [1.807, 2.05) is 0 Å². The molecule has 3 N–H and O–H groups in total. The normalized spacial score (nSPS) is 23.3. The van der Waals surface area contributed by atoms with Crippen LogP contribution in [0.3, 0.4) is 0 Å². The Hall–Kier alpha value is -2.57. The van der Waals surface area contributed by atoms with Crippen molar-refractivity contribution in [1.82, 2.24) is 19.6 Å². The number of hydrogen-bond donors (Lipinski definition) is 2. The van der Waals surface area contributed by atoms with Gasteiger partial charge in [0.1, 0.15) is 11.5 Å². The summed E-state index contributed by atoms with van der Waals surface area (Å²) in [4.78, 5) is 20.2. The van der Waals surface area contributed by atoms with Crippen molar-refractivity contribution in [2.75, 3.05) is 12.3 Å². The molecule has 190 valence electrons. The Morgan fingerprint density at radius 1 is 1.11 bits per heavy atom. The third kappa shape index (κ3) is 5.65. The number of fused-ring (bicyclic) bond motifs is 2. The number of carbonyl (C=O) groups excluding carboxylic acids is 1. The van der Waals surface area contributed by atoms with Gasteiger partial charge in [-0.3, -0.25) is 9.78 Å². The summed E-state index contributed by atoms with van der Waals surface area (Å²) < 4.78 is 68.5. The Labute approximate surface area is 202 Å². The number of piperidine rings is 1. The van der Waals surface area contributed by atoms with Crippen LogP contribution in [0, 0.1) is 30.3 Å². The lowest BCUT2D eigenvalue weighted by Crippen LogP contribution is -2.51. The van der Waals surface area contributed by atoms with Crippen LogP contribution in [0.4, 0.5) is 13.2 Å². The molecule has 2 aromatic rings. The van der Waals surface area contributed by atoms with Crippen molar-refractivity contribution in [2.45, 2.75) is 57.2 Å². The summed E-state index contributed by atoms with van der Waals surface area (Å²) in [5, 5.41) is 2.57. The molecule has 8 nitrogen and oxygen atoms in total. The number of carbonyl (C=O) groups is 1. The first-order valence-electron chi connectivity index (χ1n) is 11.5. The molecule has 12 heteroatoms. The topological polar surface area (TPSA) is 118 Å². The van der Waals surface area contributed by atoms with Crippen molar-refractivity contribution < 1.29 is 26.4 Å². The molecule has 2 saturated heterocycles. The second-order valence-corrected chi connectivity index (χ2v) is 11.3. The molecule has 3 heterocycles. The van der Waals surface area contributed by atoms with E-state index in [-0.39, 0.29) is 48.0 Å². The number of nitrogens with two attached hydrogens (primary N) is 1. The number of amides is 1. The number of rotatable bonds is 8. The predicted molar refractivity (Wildman–Crippen MR) is 122 cm³/mol. The van der Waals surface area contributed by atoms with Crippen LogP contribution in [-0.4, -0.2) is 59.0 Å². The molecule has 4 atom stereocenters. The maximum Gasteiger partial charge on any atom is 0.271 e. The second kappa shape index (κ2) is 10.2. The number of nitrogens with one attached hydrogen (secondary N) is 1. The van der Waals surface area contributed by atoms with Gasteiger partial charge in [0.25, 0.3) is 5.91 Å². The molecule has 0 unspecified atom stereocenters. The Kier molecular flexibility index (Phi) is 7.43. The molecule has 0 spiro atoms. The van der Waals surface area contributed by atoms with E-state index in [4.69, 9.17) is 5.73 Å². The molecule has 2 fully saturated rings. The average molecular weight is 512 g/mol. The smallest absolute Gasteiger partial charge is 0.271 e. The lowest BCUT2D eigenvalue weighted by molar-refractivity contribution is 0.0950. The molecule has 0 aliphatic carbocycles. The maximum atomic E-state index is 14.1. The molecule has 4 rings (SSSR count). The van der Waals surface area contributed by atoms with Crippen molar-refractivity contribution in [3.63, 3.8) is 0 Å². The fourth-order valence-electron chi connectivity index (χ4n) is 5.12. The van der Waals surface area contributed by atoms with Crippen molar-refractivity contribution in [3.8, 4) is 0 Å². The monoisotopic (exact) mass is 511 g/mol. The van der Waals surface area contributed by atoms with E-state index in [9.17, 15) is 26.4 Å². The summed E-state index contributed by atoms with van der Waals surface area (Å²) in [5.74, 6) is -4.05. The molecule has 1 aromatic carbocycles. The number of benzene rings is 1. The highest BCUT2D eigenvalue weighted by Gasteiger charge is 2.47. The van der Waals surface area contributed by atoms with Crippen LogP contribution in [0.1, 0.15) is 47.4 Å². The molecule has 2 aliphatic heterocycles. The van der Waals surface area contributed by atoms with Gasteiger partial charge in [0.05, 0.1) is 17.6 Å². The third-order valence-electron chi connectivity index (χ3n) is 6.83. The minimum Gasteiger partial charge on any atom is -0.350 e. The summed E-state index contributed by atoms with van der Waals surface area (Å²) in [6.07, 6.45) is 5.23. The van der Waals surface area contributed by atoms with E-state index >= 15 is 0 Å². The van der Waals surface area contributed by atoms with Gasteiger partial charge < -0.3 is 11.1 Å². The van der Waals surface area contributed by atoms with Gasteiger partial charge in [0.15, 0.2) is 11.6 Å². The molecule has 35 heavy (non-hydrogen) atoms. The number of nitrogens with zero attached hydrogens (tertiary/aromatic N) is 3. The molecule has 0 saturated carbocycles. The summed E-state index contributed by atoms with van der Waals surface area (Å²) in [6.45, 7) is 1.68. The van der Waals surface area contributed by atoms with E-state index < -0.39 is 39.4 Å². The van der Waals surface area contributed by atoms with Crippen LogP contribution in [-0.2, 0) is 16.4 Å². The number of sulfonamides is 1. The Morgan fingerprint density at radius 3 is 2.40 bits per heavy atom. The van der Waals surface area contributed by atoms with Crippen molar-refractivity contribution >= 4 is 15.9 Å². The fraction of sp³-hybridized carbons (Fsp3) is 0.522. The zero-order valence-electron chi connectivity index (χ0n) is 19.3. The van der Waals surface area contributed by atoms with Crippen LogP contribution in [0.15, 0.2) is 24.5 Å². The van der Waals surface area contributed by atoms with Gasteiger partial charge in [0.2, 0.25) is 10.0 Å². The average Bonchev–Trinajstić information content (AvgIpc) is 3.08. The summed E-state index contributed by atoms with van der Waals surface area (Å²) in [5.41, 5.74) is 7.10. The molecule has 1 aromatic heterocycles. The highest BCUT2D eigenvalue weighted by atomic mass is 32.2. The fourth-order valence-corrected chi connectivity index (χ4v) is 6.98. The van der Waals surface area contributed by atoms with Crippen molar-refractivity contribution in [1.29, 1.82) is 0 Å². The number of hydrogen-bond acceptors (Lipinski definition) is 6. The van der Waals surface area contributed by atoms with Gasteiger partial charge in [-0.25, -0.2) is 26.6 Å². The number of aryl methyl sites for hydroxylation is 1. The van der Waals surface area contributed by atoms with Crippen LogP contribution in [0.2, 0.25) is 0 Å². The largest absolute Gasteiger partial charge is 0.350 e. The van der Waals surface area contributed by atoms with Crippen molar-refractivity contribution in [2.24, 2.45) is 11.7 Å². The zero-order chi connectivity index (χ0) is 25.3. The predicted octanol–water partition coefficient (Wildman–Crippen LogP) is 2.07. The minimum absolute atomic E-state index is 0.00723. The third-order valence-corrected chi connectivity index (χ3v) is 8.79. The van der Waals surface area contributed by atoms with E-state index in [1.54, 1.807) is 6.92 Å². The van der Waals surface area contributed by atoms with Crippen LogP contribution in [0.25, 0.3) is 0 Å². The van der Waals surface area contributed by atoms with Gasteiger partial charge in [-0.2, -0.15) is 4.31 Å². The summed E-state index contributed by atoms with van der Waals surface area (Å²) in [7, 11) is -3.64.